The van der Waals surface area contributed by atoms with Gasteiger partial charge in [-0.05, 0) is 68.0 Å². The molecular weight excluding hydrogens is 373 g/mol. The zero-order chi connectivity index (χ0) is 20.2. The molecule has 1 aliphatic heterocycles. The van der Waals surface area contributed by atoms with Crippen molar-refractivity contribution in [3.63, 3.8) is 0 Å². The van der Waals surface area contributed by atoms with Gasteiger partial charge in [0.05, 0.1) is 18.3 Å². The molecule has 1 N–H and O–H groups in total. The number of hydrogen-bond donors (Lipinski definition) is 1. The SMILES string of the molecule is Fc1ccc(OCC2CC2)cc1.O=C(O)c1cnn2ccc(N3CCCC3)cc12. The number of nitrogens with zero attached hydrogens (tertiary/aromatic N) is 3. The minimum atomic E-state index is -0.932. The Bertz CT molecular complexity index is 977. The molecule has 3 aromatic rings. The van der Waals surface area contributed by atoms with Crippen LogP contribution in [0, 0.1) is 11.7 Å². The van der Waals surface area contributed by atoms with E-state index in [4.69, 9.17) is 9.84 Å². The molecule has 6 nitrogen and oxygen atoms in total. The van der Waals surface area contributed by atoms with Gasteiger partial charge in [-0.25, -0.2) is 13.7 Å². The van der Waals surface area contributed by atoms with E-state index in [0.717, 1.165) is 37.1 Å². The molecule has 2 fully saturated rings. The number of aromatic carboxylic acids is 1. The number of carbonyl (C=O) groups is 1. The molecule has 0 bridgehead atoms. The molecule has 0 radical (unpaired) electrons. The highest BCUT2D eigenvalue weighted by Gasteiger charge is 2.21. The third-order valence-electron chi connectivity index (χ3n) is 5.20. The predicted molar refractivity (Wildman–Crippen MR) is 108 cm³/mol. The number of aromatic nitrogens is 2. The fraction of sp³-hybridized carbons (Fsp3) is 0.364. The monoisotopic (exact) mass is 397 g/mol. The van der Waals surface area contributed by atoms with Crippen LogP contribution in [0.2, 0.25) is 0 Å². The summed E-state index contributed by atoms with van der Waals surface area (Å²) in [5.74, 6) is 0.366. The summed E-state index contributed by atoms with van der Waals surface area (Å²) in [6.45, 7) is 2.88. The first-order valence-electron chi connectivity index (χ1n) is 9.94. The number of fused-ring (bicyclic) bond motifs is 1. The summed E-state index contributed by atoms with van der Waals surface area (Å²) in [6.07, 6.45) is 8.18. The number of benzene rings is 1. The van der Waals surface area contributed by atoms with Gasteiger partial charge in [-0.3, -0.25) is 0 Å². The van der Waals surface area contributed by atoms with Gasteiger partial charge >= 0.3 is 5.97 Å². The van der Waals surface area contributed by atoms with Gasteiger partial charge in [0.25, 0.3) is 0 Å². The molecule has 2 aliphatic rings. The smallest absolute Gasteiger partial charge is 0.339 e. The quantitative estimate of drug-likeness (QED) is 0.697. The van der Waals surface area contributed by atoms with Crippen LogP contribution in [-0.4, -0.2) is 40.4 Å². The van der Waals surface area contributed by atoms with E-state index in [2.05, 4.69) is 10.00 Å². The molecule has 1 aliphatic carbocycles. The van der Waals surface area contributed by atoms with Crippen LogP contribution < -0.4 is 9.64 Å². The van der Waals surface area contributed by atoms with E-state index in [1.54, 1.807) is 16.6 Å². The molecule has 0 atom stereocenters. The van der Waals surface area contributed by atoms with Crippen LogP contribution in [0.25, 0.3) is 5.52 Å². The Hall–Kier alpha value is -3.09. The molecule has 7 heteroatoms. The fourth-order valence-electron chi connectivity index (χ4n) is 3.34. The molecule has 29 heavy (non-hydrogen) atoms. The van der Waals surface area contributed by atoms with Gasteiger partial charge in [0.2, 0.25) is 0 Å². The van der Waals surface area contributed by atoms with Gasteiger partial charge in [-0.2, -0.15) is 5.10 Å². The molecule has 1 saturated carbocycles. The van der Waals surface area contributed by atoms with E-state index in [1.165, 1.54) is 44.0 Å². The topological polar surface area (TPSA) is 67.1 Å². The first-order valence-corrected chi connectivity index (χ1v) is 9.94. The molecule has 2 aromatic heterocycles. The largest absolute Gasteiger partial charge is 0.493 e. The van der Waals surface area contributed by atoms with Crippen molar-refractivity contribution >= 4 is 17.2 Å². The third kappa shape index (κ3) is 4.85. The van der Waals surface area contributed by atoms with Crippen LogP contribution in [0.1, 0.15) is 36.0 Å². The molecular formula is C22H24FN3O3. The lowest BCUT2D eigenvalue weighted by Gasteiger charge is -2.17. The van der Waals surface area contributed by atoms with E-state index in [-0.39, 0.29) is 11.4 Å². The number of rotatable bonds is 5. The van der Waals surface area contributed by atoms with E-state index in [1.807, 2.05) is 18.3 Å². The molecule has 1 aromatic carbocycles. The zero-order valence-corrected chi connectivity index (χ0v) is 16.1. The highest BCUT2D eigenvalue weighted by molar-refractivity contribution is 5.95. The molecule has 0 amide bonds. The van der Waals surface area contributed by atoms with Crippen LogP contribution >= 0.6 is 0 Å². The van der Waals surface area contributed by atoms with Crippen molar-refractivity contribution in [1.82, 2.24) is 9.61 Å². The van der Waals surface area contributed by atoms with Crippen molar-refractivity contribution in [3.8, 4) is 5.75 Å². The van der Waals surface area contributed by atoms with Gasteiger partial charge < -0.3 is 14.7 Å². The first-order chi connectivity index (χ1) is 14.1. The van der Waals surface area contributed by atoms with Crippen LogP contribution in [0.4, 0.5) is 10.1 Å². The van der Waals surface area contributed by atoms with Crippen molar-refractivity contribution < 1.29 is 19.0 Å². The van der Waals surface area contributed by atoms with Gasteiger partial charge in [-0.15, -0.1) is 0 Å². The number of halogens is 1. The predicted octanol–water partition coefficient (Wildman–Crippen LogP) is 4.25. The lowest BCUT2D eigenvalue weighted by Crippen LogP contribution is -2.17. The second kappa shape index (κ2) is 8.51. The summed E-state index contributed by atoms with van der Waals surface area (Å²) >= 11 is 0. The number of ether oxygens (including phenoxy) is 1. The Morgan fingerprint density at radius 2 is 1.90 bits per heavy atom. The molecule has 3 heterocycles. The summed E-state index contributed by atoms with van der Waals surface area (Å²) in [4.78, 5) is 13.3. The van der Waals surface area contributed by atoms with Gasteiger partial charge in [0.15, 0.2) is 0 Å². The lowest BCUT2D eigenvalue weighted by atomic mass is 10.2. The summed E-state index contributed by atoms with van der Waals surface area (Å²) in [7, 11) is 0. The van der Waals surface area contributed by atoms with Gasteiger partial charge in [0.1, 0.15) is 17.1 Å². The molecule has 0 spiro atoms. The third-order valence-corrected chi connectivity index (χ3v) is 5.20. The first kappa shape index (κ1) is 19.2. The Morgan fingerprint density at radius 1 is 1.17 bits per heavy atom. The van der Waals surface area contributed by atoms with Crippen molar-refractivity contribution in [2.75, 3.05) is 24.6 Å². The molecule has 0 unspecified atom stereocenters. The number of carboxylic acid groups (broad SMARTS) is 1. The normalized spacial score (nSPS) is 15.8. The van der Waals surface area contributed by atoms with Gasteiger partial charge in [0, 0.05) is 25.0 Å². The molecule has 1 saturated heterocycles. The van der Waals surface area contributed by atoms with Crippen LogP contribution in [-0.2, 0) is 0 Å². The number of hydrogen-bond acceptors (Lipinski definition) is 4. The van der Waals surface area contributed by atoms with E-state index < -0.39 is 5.97 Å². The highest BCUT2D eigenvalue weighted by atomic mass is 19.1. The lowest BCUT2D eigenvalue weighted by molar-refractivity contribution is 0.0699. The zero-order valence-electron chi connectivity index (χ0n) is 16.1. The fourth-order valence-corrected chi connectivity index (χ4v) is 3.34. The number of anilines is 1. The second-order valence-electron chi connectivity index (χ2n) is 7.48. The summed E-state index contributed by atoms with van der Waals surface area (Å²) < 4.78 is 19.5. The maximum Gasteiger partial charge on any atom is 0.339 e. The average molecular weight is 397 g/mol. The number of pyridine rings is 1. The average Bonchev–Trinajstić information content (AvgIpc) is 3.21. The Kier molecular flexibility index (Phi) is 5.64. The Labute approximate surface area is 168 Å². The summed E-state index contributed by atoms with van der Waals surface area (Å²) in [5, 5.41) is 13.1. The van der Waals surface area contributed by atoms with Crippen molar-refractivity contribution in [2.45, 2.75) is 25.7 Å². The minimum Gasteiger partial charge on any atom is -0.493 e. The maximum atomic E-state index is 12.4. The van der Waals surface area contributed by atoms with Crippen molar-refractivity contribution in [2.24, 2.45) is 5.92 Å². The van der Waals surface area contributed by atoms with E-state index in [0.29, 0.717) is 5.52 Å². The Balaban J connectivity index is 0.000000150. The van der Waals surface area contributed by atoms with E-state index in [9.17, 15) is 9.18 Å². The Morgan fingerprint density at radius 3 is 2.55 bits per heavy atom. The summed E-state index contributed by atoms with van der Waals surface area (Å²) in [5.41, 5.74) is 1.99. The number of carboxylic acids is 1. The standard InChI is InChI=1S/C12H13N3O2.C10H11FO/c16-12(17)10-8-13-15-6-3-9(7-11(10)15)14-4-1-2-5-14;11-9-3-5-10(6-4-9)12-7-8-1-2-8/h3,6-8H,1-2,4-5H2,(H,16,17);3-6,8H,1-2,7H2. The van der Waals surface area contributed by atoms with E-state index >= 15 is 0 Å². The summed E-state index contributed by atoms with van der Waals surface area (Å²) in [6, 6.07) is 10.1. The van der Waals surface area contributed by atoms with Crippen molar-refractivity contribution in [1.29, 1.82) is 0 Å². The minimum absolute atomic E-state index is 0.214. The van der Waals surface area contributed by atoms with Crippen LogP contribution in [0.3, 0.4) is 0 Å². The molecule has 152 valence electrons. The van der Waals surface area contributed by atoms with Crippen molar-refractivity contribution in [3.05, 3.63) is 60.2 Å². The highest BCUT2D eigenvalue weighted by Crippen LogP contribution is 2.29. The van der Waals surface area contributed by atoms with Crippen LogP contribution in [0.5, 0.6) is 5.75 Å². The second-order valence-corrected chi connectivity index (χ2v) is 7.48. The van der Waals surface area contributed by atoms with Crippen LogP contribution in [0.15, 0.2) is 48.8 Å². The van der Waals surface area contributed by atoms with Gasteiger partial charge in [-0.1, -0.05) is 0 Å². The maximum absolute atomic E-state index is 12.4. The molecule has 5 rings (SSSR count).